The molecule has 0 aliphatic rings. The summed E-state index contributed by atoms with van der Waals surface area (Å²) in [5.74, 6) is 0. The molecule has 1 unspecified atom stereocenters. The topological polar surface area (TPSA) is 26.0 Å². The number of nitrogens with two attached hydrogens (primary N) is 1. The monoisotopic (exact) mass is 267 g/mol. The molecular formula is C17H17NS. The molecule has 0 saturated carbocycles. The Morgan fingerprint density at radius 2 is 1.74 bits per heavy atom. The maximum Gasteiger partial charge on any atom is 0.0654 e. The zero-order chi connectivity index (χ0) is 13.4. The van der Waals surface area contributed by atoms with Crippen molar-refractivity contribution in [3.05, 3.63) is 69.4 Å². The van der Waals surface area contributed by atoms with Crippen molar-refractivity contribution in [2.45, 2.75) is 19.9 Å². The number of hydrogen-bond donors (Lipinski definition) is 1. The Hall–Kier alpha value is -1.64. The van der Waals surface area contributed by atoms with E-state index >= 15 is 0 Å². The Morgan fingerprint density at radius 1 is 0.947 bits per heavy atom. The van der Waals surface area contributed by atoms with Crippen LogP contribution in [0.4, 0.5) is 0 Å². The van der Waals surface area contributed by atoms with Crippen LogP contribution >= 0.6 is 11.3 Å². The molecule has 0 bridgehead atoms. The van der Waals surface area contributed by atoms with E-state index in [-0.39, 0.29) is 6.04 Å². The second-order valence-corrected chi connectivity index (χ2v) is 6.26. The molecule has 0 radical (unpaired) electrons. The van der Waals surface area contributed by atoms with Crippen LogP contribution in [0.2, 0.25) is 0 Å². The highest BCUT2D eigenvalue weighted by atomic mass is 32.1. The van der Waals surface area contributed by atoms with E-state index in [4.69, 9.17) is 5.73 Å². The maximum absolute atomic E-state index is 6.51. The molecule has 0 aliphatic carbocycles. The zero-order valence-corrected chi connectivity index (χ0v) is 12.0. The van der Waals surface area contributed by atoms with Crippen LogP contribution < -0.4 is 5.73 Å². The number of thiophene rings is 1. The number of aryl methyl sites for hydroxylation is 2. The molecule has 0 fully saturated rings. The minimum absolute atomic E-state index is 0.0372. The molecule has 19 heavy (non-hydrogen) atoms. The van der Waals surface area contributed by atoms with Gasteiger partial charge in [0.2, 0.25) is 0 Å². The molecule has 0 saturated heterocycles. The van der Waals surface area contributed by atoms with Crippen LogP contribution in [0, 0.1) is 13.8 Å². The van der Waals surface area contributed by atoms with Crippen LogP contribution in [-0.2, 0) is 0 Å². The van der Waals surface area contributed by atoms with Gasteiger partial charge in [-0.15, -0.1) is 11.3 Å². The van der Waals surface area contributed by atoms with Crippen LogP contribution in [0.1, 0.15) is 26.9 Å². The van der Waals surface area contributed by atoms with Gasteiger partial charge in [0.1, 0.15) is 0 Å². The van der Waals surface area contributed by atoms with Crippen LogP contribution in [0.5, 0.6) is 0 Å². The lowest BCUT2D eigenvalue weighted by Crippen LogP contribution is -2.12. The molecule has 1 nitrogen and oxygen atoms in total. The first kappa shape index (κ1) is 12.4. The van der Waals surface area contributed by atoms with Crippen LogP contribution in [-0.4, -0.2) is 0 Å². The van der Waals surface area contributed by atoms with Crippen molar-refractivity contribution in [2.24, 2.45) is 5.73 Å². The highest BCUT2D eigenvalue weighted by molar-refractivity contribution is 7.12. The molecule has 1 atom stereocenters. The minimum atomic E-state index is -0.0372. The van der Waals surface area contributed by atoms with Crippen molar-refractivity contribution >= 4 is 22.1 Å². The second kappa shape index (κ2) is 4.80. The predicted octanol–water partition coefficient (Wildman–Crippen LogP) is 4.57. The fourth-order valence-electron chi connectivity index (χ4n) is 2.58. The summed E-state index contributed by atoms with van der Waals surface area (Å²) in [6.45, 7) is 4.26. The third kappa shape index (κ3) is 2.18. The summed E-state index contributed by atoms with van der Waals surface area (Å²) in [6.07, 6.45) is 0. The highest BCUT2D eigenvalue weighted by Crippen LogP contribution is 2.33. The second-order valence-electron chi connectivity index (χ2n) is 4.94. The zero-order valence-electron chi connectivity index (χ0n) is 11.2. The molecular weight excluding hydrogens is 250 g/mol. The van der Waals surface area contributed by atoms with Gasteiger partial charge in [0.15, 0.2) is 0 Å². The van der Waals surface area contributed by atoms with Crippen molar-refractivity contribution < 1.29 is 0 Å². The summed E-state index contributed by atoms with van der Waals surface area (Å²) in [6, 6.07) is 17.0. The van der Waals surface area contributed by atoms with Crippen LogP contribution in [0.3, 0.4) is 0 Å². The fraction of sp³-hybridized carbons (Fsp3) is 0.176. The Bertz CT molecular complexity index is 727. The molecule has 0 spiro atoms. The van der Waals surface area contributed by atoms with Gasteiger partial charge in [-0.2, -0.15) is 0 Å². The number of rotatable bonds is 2. The van der Waals surface area contributed by atoms with Gasteiger partial charge in [0.25, 0.3) is 0 Å². The Labute approximate surface area is 117 Å². The first-order valence-corrected chi connectivity index (χ1v) is 7.28. The summed E-state index contributed by atoms with van der Waals surface area (Å²) in [4.78, 5) is 2.54. The number of fused-ring (bicyclic) bond motifs is 1. The van der Waals surface area contributed by atoms with Gasteiger partial charge in [-0.05, 0) is 47.9 Å². The SMILES string of the molecule is Cc1ccc(C(N)c2c(C)ccc3ccccc23)s1. The van der Waals surface area contributed by atoms with Gasteiger partial charge in [-0.1, -0.05) is 36.4 Å². The van der Waals surface area contributed by atoms with E-state index in [0.29, 0.717) is 0 Å². The van der Waals surface area contributed by atoms with E-state index in [9.17, 15) is 0 Å². The minimum Gasteiger partial charge on any atom is -0.320 e. The van der Waals surface area contributed by atoms with E-state index in [2.05, 4.69) is 62.4 Å². The summed E-state index contributed by atoms with van der Waals surface area (Å²) < 4.78 is 0. The predicted molar refractivity (Wildman–Crippen MR) is 83.8 cm³/mol. The summed E-state index contributed by atoms with van der Waals surface area (Å²) >= 11 is 1.78. The third-order valence-corrected chi connectivity index (χ3v) is 4.65. The first-order valence-electron chi connectivity index (χ1n) is 6.47. The number of benzene rings is 2. The van der Waals surface area contributed by atoms with Crippen molar-refractivity contribution in [3.8, 4) is 0 Å². The number of hydrogen-bond acceptors (Lipinski definition) is 2. The summed E-state index contributed by atoms with van der Waals surface area (Å²) in [5, 5.41) is 2.52. The lowest BCUT2D eigenvalue weighted by Gasteiger charge is -2.16. The molecule has 0 amide bonds. The van der Waals surface area contributed by atoms with E-state index in [1.54, 1.807) is 11.3 Å². The van der Waals surface area contributed by atoms with E-state index < -0.39 is 0 Å². The molecule has 3 rings (SSSR count). The lowest BCUT2D eigenvalue weighted by atomic mass is 9.94. The standard InChI is InChI=1S/C17H17NS/c1-11-7-9-13-5-3-4-6-14(13)16(11)17(18)15-10-8-12(2)19-15/h3-10,17H,18H2,1-2H3. The van der Waals surface area contributed by atoms with E-state index in [1.807, 2.05) is 0 Å². The van der Waals surface area contributed by atoms with E-state index in [1.165, 1.54) is 31.7 Å². The molecule has 2 heteroatoms. The van der Waals surface area contributed by atoms with Crippen LogP contribution in [0.15, 0.2) is 48.5 Å². The van der Waals surface area contributed by atoms with Crippen LogP contribution in [0.25, 0.3) is 10.8 Å². The molecule has 96 valence electrons. The Kier molecular flexibility index (Phi) is 3.13. The molecule has 3 aromatic rings. The molecule has 2 aromatic carbocycles. The molecule has 1 aromatic heterocycles. The highest BCUT2D eigenvalue weighted by Gasteiger charge is 2.16. The van der Waals surface area contributed by atoms with Gasteiger partial charge in [-0.3, -0.25) is 0 Å². The smallest absolute Gasteiger partial charge is 0.0654 e. The van der Waals surface area contributed by atoms with Crippen molar-refractivity contribution in [3.63, 3.8) is 0 Å². The molecule has 1 heterocycles. The summed E-state index contributed by atoms with van der Waals surface area (Å²) in [7, 11) is 0. The Balaban J connectivity index is 2.21. The Morgan fingerprint density at radius 3 is 2.47 bits per heavy atom. The van der Waals surface area contributed by atoms with Gasteiger partial charge in [0.05, 0.1) is 6.04 Å². The average molecular weight is 267 g/mol. The molecule has 0 aliphatic heterocycles. The normalized spacial score (nSPS) is 12.8. The quantitative estimate of drug-likeness (QED) is 0.723. The first-order chi connectivity index (χ1) is 9.16. The lowest BCUT2D eigenvalue weighted by molar-refractivity contribution is 0.893. The van der Waals surface area contributed by atoms with Crippen molar-refractivity contribution in [1.82, 2.24) is 0 Å². The third-order valence-electron chi connectivity index (χ3n) is 3.57. The fourth-order valence-corrected chi connectivity index (χ4v) is 3.47. The van der Waals surface area contributed by atoms with Crippen molar-refractivity contribution in [1.29, 1.82) is 0 Å². The van der Waals surface area contributed by atoms with Gasteiger partial charge >= 0.3 is 0 Å². The van der Waals surface area contributed by atoms with Gasteiger partial charge in [-0.25, -0.2) is 0 Å². The van der Waals surface area contributed by atoms with Gasteiger partial charge in [0, 0.05) is 9.75 Å². The average Bonchev–Trinajstić information content (AvgIpc) is 2.85. The largest absolute Gasteiger partial charge is 0.320 e. The van der Waals surface area contributed by atoms with E-state index in [0.717, 1.165) is 0 Å². The maximum atomic E-state index is 6.51. The molecule has 2 N–H and O–H groups in total. The van der Waals surface area contributed by atoms with Gasteiger partial charge < -0.3 is 5.73 Å². The summed E-state index contributed by atoms with van der Waals surface area (Å²) in [5.41, 5.74) is 9.02. The van der Waals surface area contributed by atoms with Crippen molar-refractivity contribution in [2.75, 3.05) is 0 Å².